The van der Waals surface area contributed by atoms with Gasteiger partial charge < -0.3 is 40.9 Å². The van der Waals surface area contributed by atoms with Gasteiger partial charge in [-0.2, -0.15) is 0 Å². The summed E-state index contributed by atoms with van der Waals surface area (Å²) in [5.74, 6) is -3.12. The molecule has 0 unspecified atom stereocenters. The van der Waals surface area contributed by atoms with Crippen LogP contribution in [-0.2, 0) is 19.3 Å². The molecule has 3 aromatic rings. The number of phenolic OH excluding ortho intramolecular Hbond substituents is 6. The number of aromatic hydroxyl groups is 6. The van der Waals surface area contributed by atoms with Gasteiger partial charge in [0.15, 0.2) is 34.5 Å². The van der Waals surface area contributed by atoms with Crippen molar-refractivity contribution in [1.29, 1.82) is 0 Å². The van der Waals surface area contributed by atoms with Gasteiger partial charge in [0, 0.05) is 35.5 Å². The molecule has 33 heavy (non-hydrogen) atoms. The van der Waals surface area contributed by atoms with Crippen LogP contribution in [0.25, 0.3) is 22.3 Å². The molecule has 0 aliphatic carbocycles. The summed E-state index contributed by atoms with van der Waals surface area (Å²) in [7, 11) is 0. The minimum absolute atomic E-state index is 0.0172. The number of aliphatic hydroxyl groups excluding tert-OH is 2. The lowest BCUT2D eigenvalue weighted by molar-refractivity contribution is 0.299. The Labute approximate surface area is 190 Å². The van der Waals surface area contributed by atoms with Gasteiger partial charge in [-0.15, -0.1) is 0 Å². The number of benzene rings is 3. The number of aliphatic hydroxyl groups is 2. The lowest BCUT2D eigenvalue weighted by atomic mass is 9.87. The molecule has 0 fully saturated rings. The van der Waals surface area contributed by atoms with Crippen molar-refractivity contribution in [2.45, 2.75) is 32.6 Å². The molecule has 0 bridgehead atoms. The predicted octanol–water partition coefficient (Wildman–Crippen LogP) is 3.28. The van der Waals surface area contributed by atoms with E-state index in [9.17, 15) is 40.9 Å². The van der Waals surface area contributed by atoms with Gasteiger partial charge in [-0.25, -0.2) is 0 Å². The third-order valence-electron chi connectivity index (χ3n) is 5.59. The van der Waals surface area contributed by atoms with Crippen LogP contribution in [0, 0.1) is 0 Å². The van der Waals surface area contributed by atoms with E-state index in [1.807, 2.05) is 6.92 Å². The monoisotopic (exact) mass is 456 g/mol. The minimum atomic E-state index is -0.633. The van der Waals surface area contributed by atoms with Crippen LogP contribution in [0.5, 0.6) is 34.5 Å². The van der Waals surface area contributed by atoms with Gasteiger partial charge in [0.1, 0.15) is 0 Å². The van der Waals surface area contributed by atoms with Gasteiger partial charge in [0.2, 0.25) is 0 Å². The molecule has 0 atom stereocenters. The number of phenols is 6. The van der Waals surface area contributed by atoms with Crippen LogP contribution in [0.3, 0.4) is 0 Å². The molecule has 0 saturated carbocycles. The van der Waals surface area contributed by atoms with Crippen LogP contribution >= 0.6 is 0 Å². The summed E-state index contributed by atoms with van der Waals surface area (Å²) in [6, 6.07) is 7.18. The van der Waals surface area contributed by atoms with E-state index in [1.54, 1.807) is 6.07 Å². The highest BCUT2D eigenvalue weighted by Gasteiger charge is 2.26. The molecule has 0 saturated heterocycles. The van der Waals surface area contributed by atoms with Gasteiger partial charge in [0.05, 0.1) is 0 Å². The number of aryl methyl sites for hydroxylation is 1. The standard InChI is InChI=1S/C25H28O8/c1-2-3-13-10-16(22(30)19(29)11-13)21-15(7-9-27)12-17(23(31)25(21)33)20-14(6-8-26)4-5-18(28)24(20)32/h4-5,10-12,26-33H,2-3,6-9H2,1H3. The van der Waals surface area contributed by atoms with Gasteiger partial charge in [-0.05, 0) is 60.2 Å². The topological polar surface area (TPSA) is 162 Å². The largest absolute Gasteiger partial charge is 0.504 e. The van der Waals surface area contributed by atoms with Gasteiger partial charge in [-0.1, -0.05) is 19.4 Å². The van der Waals surface area contributed by atoms with Crippen molar-refractivity contribution in [3.8, 4) is 56.8 Å². The fourth-order valence-corrected chi connectivity index (χ4v) is 4.07. The molecule has 0 aromatic heterocycles. The Kier molecular flexibility index (Phi) is 7.20. The first-order chi connectivity index (χ1) is 15.7. The van der Waals surface area contributed by atoms with E-state index in [0.29, 0.717) is 23.1 Å². The average molecular weight is 456 g/mol. The molecule has 0 amide bonds. The Morgan fingerprint density at radius 1 is 0.576 bits per heavy atom. The summed E-state index contributed by atoms with van der Waals surface area (Å²) in [6.07, 6.45) is 1.49. The zero-order valence-electron chi connectivity index (χ0n) is 18.2. The molecular weight excluding hydrogens is 428 g/mol. The first kappa shape index (κ1) is 24.0. The van der Waals surface area contributed by atoms with E-state index < -0.39 is 28.7 Å². The summed E-state index contributed by atoms with van der Waals surface area (Å²) in [4.78, 5) is 0. The fourth-order valence-electron chi connectivity index (χ4n) is 4.07. The van der Waals surface area contributed by atoms with Crippen molar-refractivity contribution < 1.29 is 40.9 Å². The van der Waals surface area contributed by atoms with Crippen molar-refractivity contribution in [2.24, 2.45) is 0 Å². The zero-order chi connectivity index (χ0) is 24.3. The molecule has 0 heterocycles. The van der Waals surface area contributed by atoms with Crippen molar-refractivity contribution in [3.05, 3.63) is 47.0 Å². The van der Waals surface area contributed by atoms with Crippen LogP contribution in [0.15, 0.2) is 30.3 Å². The molecular formula is C25H28O8. The maximum atomic E-state index is 11.0. The second kappa shape index (κ2) is 9.89. The van der Waals surface area contributed by atoms with E-state index in [-0.39, 0.29) is 54.1 Å². The van der Waals surface area contributed by atoms with Crippen LogP contribution in [-0.4, -0.2) is 54.1 Å². The predicted molar refractivity (Wildman–Crippen MR) is 123 cm³/mol. The quantitative estimate of drug-likeness (QED) is 0.240. The normalized spacial score (nSPS) is 11.1. The summed E-state index contributed by atoms with van der Waals surface area (Å²) in [5, 5.41) is 82.2. The van der Waals surface area contributed by atoms with E-state index in [1.165, 1.54) is 24.3 Å². The highest BCUT2D eigenvalue weighted by molar-refractivity contribution is 5.90. The van der Waals surface area contributed by atoms with E-state index in [0.717, 1.165) is 6.42 Å². The van der Waals surface area contributed by atoms with E-state index >= 15 is 0 Å². The third-order valence-corrected chi connectivity index (χ3v) is 5.59. The lowest BCUT2D eigenvalue weighted by Crippen LogP contribution is -2.00. The molecule has 0 aliphatic rings. The Morgan fingerprint density at radius 2 is 1.18 bits per heavy atom. The van der Waals surface area contributed by atoms with Crippen molar-refractivity contribution in [2.75, 3.05) is 13.2 Å². The first-order valence-corrected chi connectivity index (χ1v) is 10.6. The Bertz CT molecular complexity index is 1170. The number of hydrogen-bond acceptors (Lipinski definition) is 8. The summed E-state index contributed by atoms with van der Waals surface area (Å²) in [5.41, 5.74) is 1.55. The molecule has 176 valence electrons. The fraction of sp³-hybridized carbons (Fsp3) is 0.280. The first-order valence-electron chi connectivity index (χ1n) is 10.6. The highest BCUT2D eigenvalue weighted by atomic mass is 16.3. The van der Waals surface area contributed by atoms with Gasteiger partial charge in [-0.3, -0.25) is 0 Å². The maximum Gasteiger partial charge on any atom is 0.166 e. The van der Waals surface area contributed by atoms with Crippen LogP contribution in [0.4, 0.5) is 0 Å². The lowest BCUT2D eigenvalue weighted by Gasteiger charge is -2.20. The molecule has 3 rings (SSSR count). The summed E-state index contributed by atoms with van der Waals surface area (Å²) in [6.45, 7) is 1.36. The molecule has 3 aromatic carbocycles. The average Bonchev–Trinajstić information content (AvgIpc) is 2.77. The van der Waals surface area contributed by atoms with Crippen molar-refractivity contribution in [3.63, 3.8) is 0 Å². The number of rotatable bonds is 8. The molecule has 0 spiro atoms. The molecule has 0 radical (unpaired) electrons. The Morgan fingerprint density at radius 3 is 1.82 bits per heavy atom. The molecule has 0 aliphatic heterocycles. The summed E-state index contributed by atoms with van der Waals surface area (Å²) < 4.78 is 0. The van der Waals surface area contributed by atoms with Gasteiger partial charge >= 0.3 is 0 Å². The highest BCUT2D eigenvalue weighted by Crippen LogP contribution is 2.52. The van der Waals surface area contributed by atoms with E-state index in [4.69, 9.17) is 0 Å². The smallest absolute Gasteiger partial charge is 0.166 e. The third kappa shape index (κ3) is 4.48. The van der Waals surface area contributed by atoms with Crippen molar-refractivity contribution >= 4 is 0 Å². The Balaban J connectivity index is 2.36. The summed E-state index contributed by atoms with van der Waals surface area (Å²) >= 11 is 0. The second-order valence-electron chi connectivity index (χ2n) is 7.83. The molecule has 8 nitrogen and oxygen atoms in total. The minimum Gasteiger partial charge on any atom is -0.504 e. The van der Waals surface area contributed by atoms with Crippen molar-refractivity contribution in [1.82, 2.24) is 0 Å². The van der Waals surface area contributed by atoms with Crippen LogP contribution < -0.4 is 0 Å². The van der Waals surface area contributed by atoms with Crippen LogP contribution in [0.2, 0.25) is 0 Å². The SMILES string of the molecule is CCCc1cc(O)c(O)c(-c2c(CCO)cc(-c3c(CCO)ccc(O)c3O)c(O)c2O)c1. The molecule has 8 N–H and O–H groups in total. The maximum absolute atomic E-state index is 11.0. The zero-order valence-corrected chi connectivity index (χ0v) is 18.2. The number of hydrogen-bond donors (Lipinski definition) is 8. The van der Waals surface area contributed by atoms with E-state index in [2.05, 4.69) is 0 Å². The molecule has 8 heteroatoms. The Hall–Kier alpha value is -3.62. The van der Waals surface area contributed by atoms with Gasteiger partial charge in [0.25, 0.3) is 0 Å². The second-order valence-corrected chi connectivity index (χ2v) is 7.83. The van der Waals surface area contributed by atoms with Crippen LogP contribution in [0.1, 0.15) is 30.0 Å².